The fraction of sp³-hybridized carbons (Fsp3) is 0.600. The molecule has 4 amide bonds. The fourth-order valence-electron chi connectivity index (χ4n) is 2.75. The molecule has 0 unspecified atom stereocenters. The van der Waals surface area contributed by atoms with Gasteiger partial charge in [0, 0.05) is 6.07 Å². The van der Waals surface area contributed by atoms with Crippen LogP contribution in [0.1, 0.15) is 0 Å². The number of hydrogen-bond donors (Lipinski definition) is 0. The lowest BCUT2D eigenvalue weighted by Crippen LogP contribution is -2.27. The lowest BCUT2D eigenvalue weighted by atomic mass is 10.2. The van der Waals surface area contributed by atoms with Crippen molar-refractivity contribution in [3.63, 3.8) is 0 Å². The predicted molar refractivity (Wildman–Crippen MR) is 110 cm³/mol. The lowest BCUT2D eigenvalue weighted by Gasteiger charge is -2.17. The summed E-state index contributed by atoms with van der Waals surface area (Å²) in [5.41, 5.74) is 0.280. The molecule has 0 atom stereocenters. The highest BCUT2D eigenvalue weighted by Gasteiger charge is 2.29. The molecule has 1 aromatic rings. The molecule has 32 heavy (non-hydrogen) atoms. The Morgan fingerprint density at radius 3 is 1.44 bits per heavy atom. The number of carbonyl (C=O) groups is 2. The number of ether oxygens (including phenoxy) is 7. The fourth-order valence-corrected chi connectivity index (χ4v) is 2.75. The van der Waals surface area contributed by atoms with E-state index in [9.17, 15) is 9.59 Å². The number of rotatable bonds is 1. The third-order valence-corrected chi connectivity index (χ3v) is 4.25. The quantitative estimate of drug-likeness (QED) is 0.628. The van der Waals surface area contributed by atoms with Gasteiger partial charge in [-0.2, -0.15) is 0 Å². The maximum absolute atomic E-state index is 11.8. The summed E-state index contributed by atoms with van der Waals surface area (Å²) in [5.74, 6) is 0.786. The van der Waals surface area contributed by atoms with Gasteiger partial charge in [0.25, 0.3) is 0 Å². The normalized spacial score (nSPS) is 20.7. The number of fused-ring (bicyclic) bond motifs is 1. The summed E-state index contributed by atoms with van der Waals surface area (Å²) in [6.07, 6.45) is 0. The molecule has 0 saturated heterocycles. The van der Waals surface area contributed by atoms with Gasteiger partial charge in [-0.05, 0) is 12.1 Å². The molecule has 1 aromatic carbocycles. The van der Waals surface area contributed by atoms with Gasteiger partial charge in [0.2, 0.25) is 0 Å². The van der Waals surface area contributed by atoms with Gasteiger partial charge < -0.3 is 33.2 Å². The number of urea groups is 2. The Kier molecular flexibility index (Phi) is 10.3. The average Bonchev–Trinajstić information content (AvgIpc) is 3.13. The van der Waals surface area contributed by atoms with Crippen molar-refractivity contribution < 1.29 is 42.7 Å². The Balaban J connectivity index is 1.59. The minimum absolute atomic E-state index is 0.230. The Morgan fingerprint density at radius 1 is 0.562 bits per heavy atom. The van der Waals surface area contributed by atoms with E-state index < -0.39 is 12.1 Å². The first-order chi connectivity index (χ1) is 15.8. The molecule has 2 aliphatic heterocycles. The molecule has 0 spiro atoms. The van der Waals surface area contributed by atoms with Gasteiger partial charge >= 0.3 is 12.1 Å². The number of nitrogens with zero attached hydrogens (tertiary/aromatic N) is 3. The molecule has 0 bridgehead atoms. The lowest BCUT2D eigenvalue weighted by molar-refractivity contribution is -0.0134. The maximum atomic E-state index is 11.8. The summed E-state index contributed by atoms with van der Waals surface area (Å²) in [6.45, 7) is 4.84. The zero-order valence-electron chi connectivity index (χ0n) is 17.7. The van der Waals surface area contributed by atoms with E-state index in [1.807, 2.05) is 0 Å². The van der Waals surface area contributed by atoms with Crippen molar-refractivity contribution in [2.45, 2.75) is 0 Å². The van der Waals surface area contributed by atoms with Gasteiger partial charge in [-0.3, -0.25) is 0 Å². The summed E-state index contributed by atoms with van der Waals surface area (Å²) in [7, 11) is 0. The van der Waals surface area contributed by atoms with Crippen molar-refractivity contribution >= 4 is 17.7 Å². The number of azo groups is 1. The van der Waals surface area contributed by atoms with Crippen molar-refractivity contribution in [3.05, 3.63) is 18.2 Å². The molecule has 3 rings (SSSR count). The molecule has 2 heterocycles. The van der Waals surface area contributed by atoms with E-state index in [2.05, 4.69) is 10.2 Å². The average molecular weight is 453 g/mol. The molecule has 0 fully saturated rings. The summed E-state index contributed by atoms with van der Waals surface area (Å²) >= 11 is 0. The molecule has 12 nitrogen and oxygen atoms in total. The Labute approximate surface area is 185 Å². The van der Waals surface area contributed by atoms with Crippen LogP contribution in [0.5, 0.6) is 11.5 Å². The first-order valence-corrected chi connectivity index (χ1v) is 10.3. The maximum Gasteiger partial charge on any atom is 0.375 e. The van der Waals surface area contributed by atoms with Gasteiger partial charge in [-0.1, -0.05) is 10.2 Å². The van der Waals surface area contributed by atoms with Crippen molar-refractivity contribution in [1.82, 2.24) is 0 Å². The van der Waals surface area contributed by atoms with E-state index in [-0.39, 0.29) is 18.9 Å². The third-order valence-electron chi connectivity index (χ3n) is 4.25. The van der Waals surface area contributed by atoms with Crippen LogP contribution in [-0.2, 0) is 23.7 Å². The number of anilines is 1. The highest BCUT2D eigenvalue weighted by molar-refractivity contribution is 6.17. The van der Waals surface area contributed by atoms with Crippen molar-refractivity contribution in [2.75, 3.05) is 84.2 Å². The molecule has 12 heteroatoms. The summed E-state index contributed by atoms with van der Waals surface area (Å²) in [4.78, 5) is 24.5. The Bertz CT molecular complexity index is 757. The van der Waals surface area contributed by atoms with Gasteiger partial charge in [-0.25, -0.2) is 14.5 Å². The van der Waals surface area contributed by atoms with Crippen LogP contribution in [0.25, 0.3) is 0 Å². The Hall–Kier alpha value is -2.64. The zero-order chi connectivity index (χ0) is 22.4. The highest BCUT2D eigenvalue weighted by Crippen LogP contribution is 2.33. The number of imide groups is 1. The molecular formula is C20H27N3O9. The van der Waals surface area contributed by atoms with E-state index in [1.54, 1.807) is 12.1 Å². The van der Waals surface area contributed by atoms with Gasteiger partial charge in [0.15, 0.2) is 11.5 Å². The minimum Gasteiger partial charge on any atom is -0.487 e. The largest absolute Gasteiger partial charge is 0.487 e. The molecule has 2 aliphatic rings. The van der Waals surface area contributed by atoms with Crippen molar-refractivity contribution in [3.8, 4) is 11.5 Å². The van der Waals surface area contributed by atoms with E-state index in [0.717, 1.165) is 4.90 Å². The molecule has 0 aliphatic carbocycles. The van der Waals surface area contributed by atoms with Gasteiger partial charge in [0.1, 0.15) is 13.2 Å². The van der Waals surface area contributed by atoms with Crippen LogP contribution in [0.15, 0.2) is 28.4 Å². The van der Waals surface area contributed by atoms with E-state index in [4.69, 9.17) is 33.2 Å². The Morgan fingerprint density at radius 2 is 0.969 bits per heavy atom. The van der Waals surface area contributed by atoms with Crippen molar-refractivity contribution in [2.24, 2.45) is 10.2 Å². The number of carbonyl (C=O) groups excluding carboxylic acids is 2. The smallest absolute Gasteiger partial charge is 0.375 e. The second-order valence-electron chi connectivity index (χ2n) is 6.49. The van der Waals surface area contributed by atoms with Crippen LogP contribution in [0.3, 0.4) is 0 Å². The van der Waals surface area contributed by atoms with Crippen LogP contribution in [0.2, 0.25) is 0 Å². The van der Waals surface area contributed by atoms with E-state index >= 15 is 0 Å². The zero-order valence-corrected chi connectivity index (χ0v) is 17.7. The summed E-state index contributed by atoms with van der Waals surface area (Å²) in [5, 5.41) is 6.53. The molecule has 0 saturated carbocycles. The van der Waals surface area contributed by atoms with E-state index in [0.29, 0.717) is 77.6 Å². The van der Waals surface area contributed by atoms with Crippen LogP contribution in [0, 0.1) is 0 Å². The summed E-state index contributed by atoms with van der Waals surface area (Å²) in [6, 6.07) is 3.16. The van der Waals surface area contributed by atoms with Crippen molar-refractivity contribution in [1.29, 1.82) is 0 Å². The highest BCUT2D eigenvalue weighted by atomic mass is 16.6. The van der Waals surface area contributed by atoms with Gasteiger partial charge in [0.05, 0.1) is 71.8 Å². The molecule has 176 valence electrons. The minimum atomic E-state index is -0.761. The third kappa shape index (κ3) is 7.80. The SMILES string of the molecule is O=C1N=NC(=O)N1c1ccc2c(c1)OCCOCCOCCOCCOCCOCCO2. The standard InChI is InChI=1S/C20H27N3O9/c24-19-21-22-20(25)23(19)16-1-2-17-18(15-16)32-14-12-30-10-8-28-6-4-26-3-5-27-7-9-29-11-13-31-17/h1-2,15H,3-14H2. The molecule has 0 N–H and O–H groups in total. The van der Waals surface area contributed by atoms with E-state index in [1.165, 1.54) is 6.07 Å². The topological polar surface area (TPSA) is 127 Å². The number of amides is 4. The molecule has 0 aromatic heterocycles. The first-order valence-electron chi connectivity index (χ1n) is 10.3. The second-order valence-corrected chi connectivity index (χ2v) is 6.49. The summed E-state index contributed by atoms with van der Waals surface area (Å²) < 4.78 is 38.7. The predicted octanol–water partition coefficient (Wildman–Crippen LogP) is 2.05. The number of hydrogen-bond acceptors (Lipinski definition) is 9. The van der Waals surface area contributed by atoms with Gasteiger partial charge in [-0.15, -0.1) is 0 Å². The van der Waals surface area contributed by atoms with Crippen LogP contribution < -0.4 is 14.4 Å². The number of benzene rings is 1. The molecular weight excluding hydrogens is 426 g/mol. The van der Waals surface area contributed by atoms with Crippen LogP contribution in [0.4, 0.5) is 15.3 Å². The first kappa shape index (κ1) is 24.0. The van der Waals surface area contributed by atoms with Crippen LogP contribution in [-0.4, -0.2) is 91.3 Å². The molecule has 0 radical (unpaired) electrons. The second kappa shape index (κ2) is 13.7. The monoisotopic (exact) mass is 453 g/mol. The van der Waals surface area contributed by atoms with Crippen LogP contribution >= 0.6 is 0 Å².